The SMILES string of the molecule is CC1=CC=C[C]1(C)[Zr]([O]c1ccccc1Br)([O]c1ccccc1Br)[C]1(C)C=CC=C1C. The molecule has 0 saturated heterocycles. The molecule has 0 bridgehead atoms. The molecule has 5 heteroatoms. The second kappa shape index (κ2) is 8.65. The Hall–Kier alpha value is -1.16. The van der Waals surface area contributed by atoms with Gasteiger partial charge >= 0.3 is 209 Å². The van der Waals surface area contributed by atoms with Crippen molar-refractivity contribution in [3.63, 3.8) is 0 Å². The van der Waals surface area contributed by atoms with Crippen LogP contribution >= 0.6 is 31.9 Å². The van der Waals surface area contributed by atoms with E-state index in [1.54, 1.807) is 0 Å². The topological polar surface area (TPSA) is 18.5 Å². The van der Waals surface area contributed by atoms with E-state index in [-0.39, 0.29) is 6.25 Å². The molecule has 2 atom stereocenters. The Morgan fingerprint density at radius 2 is 1.06 bits per heavy atom. The summed E-state index contributed by atoms with van der Waals surface area (Å²) in [6.07, 6.45) is 13.3. The summed E-state index contributed by atoms with van der Waals surface area (Å²) in [4.78, 5) is 0. The van der Waals surface area contributed by atoms with Gasteiger partial charge in [-0.05, 0) is 0 Å². The van der Waals surface area contributed by atoms with Crippen LogP contribution in [0.4, 0.5) is 0 Å². The van der Waals surface area contributed by atoms with Crippen LogP contribution in [0.3, 0.4) is 0 Å². The first-order valence-corrected chi connectivity index (χ1v) is 16.4. The molecule has 0 aliphatic heterocycles. The minimum absolute atomic E-state index is 0.322. The van der Waals surface area contributed by atoms with E-state index in [1.165, 1.54) is 11.1 Å². The monoisotopic (exact) mass is 618 g/mol. The average Bonchev–Trinajstić information content (AvgIpc) is 3.27. The van der Waals surface area contributed by atoms with E-state index in [4.69, 9.17) is 5.63 Å². The summed E-state index contributed by atoms with van der Waals surface area (Å²) in [6, 6.07) is 16.1. The number of para-hydroxylation sites is 2. The van der Waals surface area contributed by atoms with Gasteiger partial charge in [0.1, 0.15) is 0 Å². The summed E-state index contributed by atoms with van der Waals surface area (Å²) < 4.78 is 15.7. The predicted molar refractivity (Wildman–Crippen MR) is 132 cm³/mol. The van der Waals surface area contributed by atoms with Crippen LogP contribution in [0.5, 0.6) is 11.5 Å². The van der Waals surface area contributed by atoms with Crippen molar-refractivity contribution in [2.24, 2.45) is 0 Å². The molecule has 4 rings (SSSR count). The van der Waals surface area contributed by atoms with Crippen molar-refractivity contribution >= 4 is 31.9 Å². The number of hydrogen-bond donors (Lipinski definition) is 0. The van der Waals surface area contributed by atoms with E-state index in [1.807, 2.05) is 48.5 Å². The predicted octanol–water partition coefficient (Wildman–Crippen LogP) is 9.04. The second-order valence-electron chi connectivity index (χ2n) is 8.50. The molecular weight excluding hydrogens is 595 g/mol. The van der Waals surface area contributed by atoms with Crippen LogP contribution in [0, 0.1) is 0 Å². The van der Waals surface area contributed by atoms with Gasteiger partial charge in [-0.2, -0.15) is 0 Å². The minimum atomic E-state index is -4.30. The summed E-state index contributed by atoms with van der Waals surface area (Å²) in [5.41, 5.74) is 2.55. The van der Waals surface area contributed by atoms with E-state index in [0.717, 1.165) is 20.4 Å². The van der Waals surface area contributed by atoms with Gasteiger partial charge in [0.2, 0.25) is 0 Å². The van der Waals surface area contributed by atoms with E-state index in [0.29, 0.717) is 0 Å². The summed E-state index contributed by atoms with van der Waals surface area (Å²) in [6.45, 7) is 8.96. The maximum absolute atomic E-state index is 7.24. The third-order valence-corrected chi connectivity index (χ3v) is 20.0. The first-order chi connectivity index (χ1) is 14.7. The van der Waals surface area contributed by atoms with Crippen LogP contribution in [0.1, 0.15) is 27.7 Å². The molecule has 2 aromatic rings. The van der Waals surface area contributed by atoms with Crippen LogP contribution in [-0.4, -0.2) is 0 Å². The van der Waals surface area contributed by atoms with Crippen LogP contribution in [0.2, 0.25) is 6.25 Å². The number of hydrogen-bond acceptors (Lipinski definition) is 2. The first-order valence-electron chi connectivity index (χ1n) is 10.3. The van der Waals surface area contributed by atoms with E-state index >= 15 is 0 Å². The zero-order valence-electron chi connectivity index (χ0n) is 18.2. The van der Waals surface area contributed by atoms with Gasteiger partial charge in [0.25, 0.3) is 0 Å². The molecule has 2 unspecified atom stereocenters. The fourth-order valence-corrected chi connectivity index (χ4v) is 17.7. The van der Waals surface area contributed by atoms with E-state index < -0.39 is 21.1 Å². The van der Waals surface area contributed by atoms with Gasteiger partial charge in [-0.1, -0.05) is 0 Å². The Balaban J connectivity index is 2.01. The fraction of sp³-hybridized carbons (Fsp3) is 0.231. The van der Waals surface area contributed by atoms with Crippen LogP contribution in [-0.2, 0) is 21.1 Å². The van der Waals surface area contributed by atoms with Crippen molar-refractivity contribution in [3.05, 3.63) is 105 Å². The molecule has 2 nitrogen and oxygen atoms in total. The summed E-state index contributed by atoms with van der Waals surface area (Å²) in [7, 11) is 0. The Bertz CT molecular complexity index is 1040. The molecule has 2 aromatic carbocycles. The molecule has 160 valence electrons. The van der Waals surface area contributed by atoms with Crippen molar-refractivity contribution < 1.29 is 26.8 Å². The van der Waals surface area contributed by atoms with Gasteiger partial charge in [0.05, 0.1) is 0 Å². The molecular formula is C26H26Br2O2Zr. The first kappa shape index (κ1) is 23.0. The van der Waals surface area contributed by atoms with Crippen molar-refractivity contribution in [2.45, 2.75) is 33.9 Å². The van der Waals surface area contributed by atoms with Crippen LogP contribution in [0.15, 0.2) is 105 Å². The summed E-state index contributed by atoms with van der Waals surface area (Å²) in [5.74, 6) is 1.66. The molecule has 0 amide bonds. The third kappa shape index (κ3) is 3.71. The van der Waals surface area contributed by atoms with Crippen molar-refractivity contribution in [3.8, 4) is 11.5 Å². The van der Waals surface area contributed by atoms with Crippen molar-refractivity contribution in [1.82, 2.24) is 0 Å². The molecule has 31 heavy (non-hydrogen) atoms. The Kier molecular flexibility index (Phi) is 6.42. The standard InChI is InChI=1S/2C7H9.2C6H5BrO.Zr/c2*1-6-4-3-5-7(6)2;2*7-5-3-1-2-4-6(5)8;/h2*3-5H,1-2H3;2*1-4,8H;/q;;;;+2/p-2. The van der Waals surface area contributed by atoms with Crippen molar-refractivity contribution in [1.29, 1.82) is 0 Å². The van der Waals surface area contributed by atoms with E-state index in [2.05, 4.69) is 96.0 Å². The number of halogens is 2. The molecule has 2 aliphatic rings. The number of benzene rings is 2. The molecule has 2 aliphatic carbocycles. The number of allylic oxidation sites excluding steroid dienone is 8. The van der Waals surface area contributed by atoms with Gasteiger partial charge in [-0.25, -0.2) is 0 Å². The van der Waals surface area contributed by atoms with Gasteiger partial charge in [0, 0.05) is 0 Å². The molecule has 0 saturated carbocycles. The van der Waals surface area contributed by atoms with Crippen molar-refractivity contribution in [2.75, 3.05) is 0 Å². The summed E-state index contributed by atoms with van der Waals surface area (Å²) >= 11 is 3.12. The van der Waals surface area contributed by atoms with Gasteiger partial charge in [0.15, 0.2) is 0 Å². The molecule has 0 aromatic heterocycles. The molecule has 0 spiro atoms. The zero-order valence-corrected chi connectivity index (χ0v) is 23.8. The van der Waals surface area contributed by atoms with Gasteiger partial charge in [-0.3, -0.25) is 0 Å². The fourth-order valence-electron chi connectivity index (χ4n) is 4.47. The maximum atomic E-state index is 7.24. The molecule has 0 radical (unpaired) electrons. The van der Waals surface area contributed by atoms with Crippen LogP contribution < -0.4 is 5.63 Å². The quantitative estimate of drug-likeness (QED) is 0.321. The molecule has 0 N–H and O–H groups in total. The normalized spacial score (nSPS) is 24.8. The van der Waals surface area contributed by atoms with Gasteiger partial charge < -0.3 is 0 Å². The van der Waals surface area contributed by atoms with E-state index in [9.17, 15) is 0 Å². The Morgan fingerprint density at radius 1 is 0.677 bits per heavy atom. The molecule has 0 heterocycles. The Morgan fingerprint density at radius 3 is 1.39 bits per heavy atom. The second-order valence-corrected chi connectivity index (χ2v) is 19.4. The third-order valence-electron chi connectivity index (χ3n) is 6.74. The van der Waals surface area contributed by atoms with Gasteiger partial charge in [-0.15, -0.1) is 0 Å². The number of rotatable bonds is 6. The van der Waals surface area contributed by atoms with Crippen LogP contribution in [0.25, 0.3) is 0 Å². The molecule has 0 fully saturated rings. The summed E-state index contributed by atoms with van der Waals surface area (Å²) in [5, 5.41) is 0. The zero-order chi connectivity index (χ0) is 22.3. The Labute approximate surface area is 207 Å². The average molecular weight is 622 g/mol.